The molecule has 0 N–H and O–H groups in total. The third-order valence-electron chi connectivity index (χ3n) is 4.24. The van der Waals surface area contributed by atoms with Crippen molar-refractivity contribution in [3.63, 3.8) is 0 Å². The molecule has 0 aliphatic carbocycles. The molecule has 5 nitrogen and oxygen atoms in total. The van der Waals surface area contributed by atoms with Gasteiger partial charge in [0.25, 0.3) is 0 Å². The third-order valence-corrected chi connectivity index (χ3v) is 4.24. The fourth-order valence-electron chi connectivity index (χ4n) is 2.92. The van der Waals surface area contributed by atoms with Crippen molar-refractivity contribution in [3.8, 4) is 5.75 Å². The number of carbonyl (C=O) groups is 1. The van der Waals surface area contributed by atoms with Gasteiger partial charge in [0, 0.05) is 16.3 Å². The average molecular weight is 350 g/mol. The van der Waals surface area contributed by atoms with Gasteiger partial charge in [-0.3, -0.25) is 0 Å². The Labute approximate surface area is 150 Å². The number of benzene rings is 2. The molecule has 0 bridgehead atoms. The third kappa shape index (κ3) is 2.92. The van der Waals surface area contributed by atoms with Gasteiger partial charge < -0.3 is 18.3 Å². The van der Waals surface area contributed by atoms with E-state index in [0.29, 0.717) is 19.0 Å². The van der Waals surface area contributed by atoms with Crippen LogP contribution in [0.15, 0.2) is 57.4 Å². The number of rotatable bonds is 5. The smallest absolute Gasteiger partial charge is 0.374 e. The molecular formula is C21H18O5. The highest BCUT2D eigenvalue weighted by Gasteiger charge is 2.16. The Bertz CT molecular complexity index is 1090. The van der Waals surface area contributed by atoms with Crippen molar-refractivity contribution < 1.29 is 23.1 Å². The average Bonchev–Trinajstić information content (AvgIpc) is 3.20. The first-order chi connectivity index (χ1) is 12.7. The van der Waals surface area contributed by atoms with E-state index in [9.17, 15) is 4.79 Å². The lowest BCUT2D eigenvalue weighted by Gasteiger charge is -2.05. The Hall–Kier alpha value is -3.21. The van der Waals surface area contributed by atoms with Crippen LogP contribution in [0.4, 0.5) is 0 Å². The first kappa shape index (κ1) is 16.3. The molecule has 4 aromatic rings. The van der Waals surface area contributed by atoms with E-state index in [0.717, 1.165) is 33.3 Å². The number of esters is 1. The summed E-state index contributed by atoms with van der Waals surface area (Å²) in [6.07, 6.45) is 0. The van der Waals surface area contributed by atoms with Crippen molar-refractivity contribution in [2.75, 3.05) is 6.61 Å². The van der Waals surface area contributed by atoms with Gasteiger partial charge in [-0.25, -0.2) is 4.79 Å². The number of hydrogen-bond acceptors (Lipinski definition) is 5. The van der Waals surface area contributed by atoms with Crippen LogP contribution < -0.4 is 4.74 Å². The van der Waals surface area contributed by atoms with Gasteiger partial charge in [-0.2, -0.15) is 0 Å². The molecule has 0 amide bonds. The normalized spacial score (nSPS) is 11.2. The highest BCUT2D eigenvalue weighted by molar-refractivity contribution is 6.05. The lowest BCUT2D eigenvalue weighted by atomic mass is 10.1. The molecule has 0 atom stereocenters. The first-order valence-corrected chi connectivity index (χ1v) is 8.46. The van der Waals surface area contributed by atoms with Gasteiger partial charge in [0.05, 0.1) is 6.61 Å². The number of ether oxygens (including phenoxy) is 2. The van der Waals surface area contributed by atoms with Crippen LogP contribution in [0.25, 0.3) is 21.9 Å². The zero-order chi connectivity index (χ0) is 18.1. The van der Waals surface area contributed by atoms with E-state index >= 15 is 0 Å². The molecule has 0 unspecified atom stereocenters. The molecule has 0 saturated heterocycles. The minimum atomic E-state index is -0.465. The monoisotopic (exact) mass is 350 g/mol. The van der Waals surface area contributed by atoms with Crippen LogP contribution in [-0.4, -0.2) is 12.6 Å². The maximum absolute atomic E-state index is 11.8. The van der Waals surface area contributed by atoms with E-state index in [1.165, 1.54) is 0 Å². The second-order valence-corrected chi connectivity index (χ2v) is 5.96. The molecule has 4 rings (SSSR count). The number of fused-ring (bicyclic) bond motifs is 3. The maximum atomic E-state index is 11.8. The Morgan fingerprint density at radius 1 is 1.00 bits per heavy atom. The van der Waals surface area contributed by atoms with E-state index in [1.54, 1.807) is 19.9 Å². The van der Waals surface area contributed by atoms with Gasteiger partial charge >= 0.3 is 5.97 Å². The largest absolute Gasteiger partial charge is 0.489 e. The molecule has 26 heavy (non-hydrogen) atoms. The highest BCUT2D eigenvalue weighted by atomic mass is 16.5. The number of aryl methyl sites for hydroxylation is 1. The van der Waals surface area contributed by atoms with Crippen LogP contribution in [0.3, 0.4) is 0 Å². The SMILES string of the molecule is CCOC(=O)c1cc(COc2ccc3oc4ccccc4c3c2)c(C)o1. The topological polar surface area (TPSA) is 61.8 Å². The van der Waals surface area contributed by atoms with Crippen LogP contribution in [0.1, 0.15) is 28.8 Å². The van der Waals surface area contributed by atoms with Gasteiger partial charge in [-0.1, -0.05) is 18.2 Å². The van der Waals surface area contributed by atoms with Gasteiger partial charge in [0.2, 0.25) is 5.76 Å². The maximum Gasteiger partial charge on any atom is 0.374 e. The molecule has 2 aromatic carbocycles. The predicted molar refractivity (Wildman–Crippen MR) is 97.5 cm³/mol. The Kier molecular flexibility index (Phi) is 4.13. The quantitative estimate of drug-likeness (QED) is 0.460. The number of carbonyl (C=O) groups excluding carboxylic acids is 1. The van der Waals surface area contributed by atoms with Crippen molar-refractivity contribution in [1.82, 2.24) is 0 Å². The summed E-state index contributed by atoms with van der Waals surface area (Å²) in [5, 5.41) is 2.06. The van der Waals surface area contributed by atoms with Crippen molar-refractivity contribution in [2.45, 2.75) is 20.5 Å². The number of hydrogen-bond donors (Lipinski definition) is 0. The standard InChI is InChI=1S/C21H18O5/c1-3-23-21(22)20-10-14(13(2)25-20)12-24-15-8-9-19-17(11-15)16-6-4-5-7-18(16)26-19/h4-11H,3,12H2,1-2H3. The summed E-state index contributed by atoms with van der Waals surface area (Å²) >= 11 is 0. The summed E-state index contributed by atoms with van der Waals surface area (Å²) in [5.41, 5.74) is 2.48. The van der Waals surface area contributed by atoms with E-state index in [4.69, 9.17) is 18.3 Å². The summed E-state index contributed by atoms with van der Waals surface area (Å²) in [6, 6.07) is 15.3. The summed E-state index contributed by atoms with van der Waals surface area (Å²) in [7, 11) is 0. The van der Waals surface area contributed by atoms with Gasteiger partial charge in [0.1, 0.15) is 29.3 Å². The fourth-order valence-corrected chi connectivity index (χ4v) is 2.92. The number of para-hydroxylation sites is 1. The molecule has 132 valence electrons. The lowest BCUT2D eigenvalue weighted by molar-refractivity contribution is 0.0488. The molecule has 0 spiro atoms. The molecule has 5 heteroatoms. The molecule has 0 aliphatic rings. The molecule has 0 fully saturated rings. The first-order valence-electron chi connectivity index (χ1n) is 8.46. The van der Waals surface area contributed by atoms with Crippen molar-refractivity contribution in [2.24, 2.45) is 0 Å². The van der Waals surface area contributed by atoms with Crippen LogP contribution in [-0.2, 0) is 11.3 Å². The van der Waals surface area contributed by atoms with Crippen LogP contribution in [0, 0.1) is 6.92 Å². The van der Waals surface area contributed by atoms with Gasteiger partial charge in [-0.05, 0) is 44.2 Å². The molecule has 0 radical (unpaired) electrons. The molecular weight excluding hydrogens is 332 g/mol. The zero-order valence-electron chi connectivity index (χ0n) is 14.6. The Morgan fingerprint density at radius 2 is 1.81 bits per heavy atom. The van der Waals surface area contributed by atoms with Crippen molar-refractivity contribution >= 4 is 27.9 Å². The van der Waals surface area contributed by atoms with Crippen LogP contribution >= 0.6 is 0 Å². The lowest BCUT2D eigenvalue weighted by Crippen LogP contribution is -2.02. The van der Waals surface area contributed by atoms with Crippen LogP contribution in [0.2, 0.25) is 0 Å². The van der Waals surface area contributed by atoms with Crippen LogP contribution in [0.5, 0.6) is 5.75 Å². The molecule has 0 saturated carbocycles. The summed E-state index contributed by atoms with van der Waals surface area (Å²) < 4.78 is 22.1. The van der Waals surface area contributed by atoms with E-state index in [-0.39, 0.29) is 5.76 Å². The van der Waals surface area contributed by atoms with E-state index in [1.807, 2.05) is 42.5 Å². The van der Waals surface area contributed by atoms with E-state index in [2.05, 4.69) is 0 Å². The highest BCUT2D eigenvalue weighted by Crippen LogP contribution is 2.31. The second-order valence-electron chi connectivity index (χ2n) is 5.96. The van der Waals surface area contributed by atoms with Gasteiger partial charge in [0.15, 0.2) is 0 Å². The molecule has 2 aromatic heterocycles. The van der Waals surface area contributed by atoms with E-state index < -0.39 is 5.97 Å². The minimum absolute atomic E-state index is 0.194. The molecule has 2 heterocycles. The van der Waals surface area contributed by atoms with Gasteiger partial charge in [-0.15, -0.1) is 0 Å². The zero-order valence-corrected chi connectivity index (χ0v) is 14.6. The fraction of sp³-hybridized carbons (Fsp3) is 0.190. The predicted octanol–water partition coefficient (Wildman–Crippen LogP) is 5.24. The summed E-state index contributed by atoms with van der Waals surface area (Å²) in [5.74, 6) is 1.09. The summed E-state index contributed by atoms with van der Waals surface area (Å²) in [6.45, 7) is 4.17. The Balaban J connectivity index is 1.56. The summed E-state index contributed by atoms with van der Waals surface area (Å²) in [4.78, 5) is 11.8. The second kappa shape index (κ2) is 6.59. The molecule has 0 aliphatic heterocycles. The number of furan rings is 2. The van der Waals surface area contributed by atoms with Crippen molar-refractivity contribution in [1.29, 1.82) is 0 Å². The minimum Gasteiger partial charge on any atom is -0.489 e. The van der Waals surface area contributed by atoms with Crippen molar-refractivity contribution in [3.05, 3.63) is 65.6 Å². The Morgan fingerprint density at radius 3 is 2.65 bits per heavy atom.